The van der Waals surface area contributed by atoms with Gasteiger partial charge >= 0.3 is 11.9 Å². The lowest BCUT2D eigenvalue weighted by Crippen LogP contribution is -2.05. The van der Waals surface area contributed by atoms with Crippen molar-refractivity contribution in [2.24, 2.45) is 0 Å². The molecule has 0 aliphatic heterocycles. The van der Waals surface area contributed by atoms with Gasteiger partial charge in [0.15, 0.2) is 0 Å². The van der Waals surface area contributed by atoms with Crippen LogP contribution in [0.1, 0.15) is 13.8 Å². The summed E-state index contributed by atoms with van der Waals surface area (Å²) in [6.45, 7) is 6.51. The summed E-state index contributed by atoms with van der Waals surface area (Å²) in [5.74, 6) is -1.24. The molecule has 0 fully saturated rings. The van der Waals surface area contributed by atoms with Crippen molar-refractivity contribution in [1.82, 2.24) is 0 Å². The molecule has 0 aliphatic rings. The van der Waals surface area contributed by atoms with Crippen LogP contribution in [0.25, 0.3) is 0 Å². The van der Waals surface area contributed by atoms with E-state index < -0.39 is 5.97 Å². The molecular formula is C8H14O5. The molecular weight excluding hydrogens is 176 g/mol. The second-order valence-electron chi connectivity index (χ2n) is 1.81. The first-order chi connectivity index (χ1) is 6.04. The summed E-state index contributed by atoms with van der Waals surface area (Å²) in [4.78, 5) is 19.4. The van der Waals surface area contributed by atoms with Gasteiger partial charge in [0, 0.05) is 13.5 Å². The highest BCUT2D eigenvalue weighted by Crippen LogP contribution is 1.70. The molecule has 0 bridgehead atoms. The smallest absolute Gasteiger partial charge is 0.329 e. The van der Waals surface area contributed by atoms with Crippen LogP contribution in [0.2, 0.25) is 0 Å². The third-order valence-electron chi connectivity index (χ3n) is 0.679. The number of carboxylic acids is 1. The van der Waals surface area contributed by atoms with Gasteiger partial charge in [-0.1, -0.05) is 6.58 Å². The van der Waals surface area contributed by atoms with E-state index in [1.54, 1.807) is 6.92 Å². The molecule has 0 aromatic rings. The van der Waals surface area contributed by atoms with Crippen LogP contribution in [0.15, 0.2) is 12.8 Å². The molecule has 1 N–H and O–H groups in total. The van der Waals surface area contributed by atoms with Crippen molar-refractivity contribution in [3.8, 4) is 0 Å². The minimum Gasteiger partial charge on any atom is -0.480 e. The second-order valence-corrected chi connectivity index (χ2v) is 1.81. The number of carbonyl (C=O) groups excluding carboxylic acids is 1. The van der Waals surface area contributed by atoms with Crippen LogP contribution in [-0.4, -0.2) is 30.3 Å². The Hall–Kier alpha value is -1.36. The Labute approximate surface area is 77.0 Å². The fourth-order valence-electron chi connectivity index (χ4n) is 0.307. The summed E-state index contributed by atoms with van der Waals surface area (Å²) in [5, 5.41) is 7.92. The maximum Gasteiger partial charge on any atom is 0.329 e. The van der Waals surface area contributed by atoms with Gasteiger partial charge in [-0.05, 0) is 6.92 Å². The highest BCUT2D eigenvalue weighted by Gasteiger charge is 1.90. The molecule has 0 aromatic heterocycles. The lowest BCUT2D eigenvalue weighted by Gasteiger charge is -1.90. The normalized spacial score (nSPS) is 7.85. The number of esters is 1. The third kappa shape index (κ3) is 25.0. The topological polar surface area (TPSA) is 72.8 Å². The van der Waals surface area contributed by atoms with Gasteiger partial charge in [-0.25, -0.2) is 4.79 Å². The summed E-state index contributed by atoms with van der Waals surface area (Å²) in [7, 11) is 0. The maximum absolute atomic E-state index is 9.75. The van der Waals surface area contributed by atoms with Gasteiger partial charge in [-0.15, -0.1) is 0 Å². The zero-order valence-electron chi connectivity index (χ0n) is 7.78. The molecule has 76 valence electrons. The largest absolute Gasteiger partial charge is 0.480 e. The molecule has 5 nitrogen and oxygen atoms in total. The van der Waals surface area contributed by atoms with E-state index in [2.05, 4.69) is 16.1 Å². The first kappa shape index (κ1) is 14.2. The van der Waals surface area contributed by atoms with E-state index in [0.29, 0.717) is 6.61 Å². The van der Waals surface area contributed by atoms with Gasteiger partial charge in [0.1, 0.15) is 6.61 Å². The van der Waals surface area contributed by atoms with Gasteiger partial charge in [0.25, 0.3) is 0 Å². The van der Waals surface area contributed by atoms with Crippen molar-refractivity contribution in [1.29, 1.82) is 0 Å². The molecule has 5 heteroatoms. The second kappa shape index (κ2) is 10.6. The van der Waals surface area contributed by atoms with Crippen molar-refractivity contribution >= 4 is 11.9 Å². The number of carboxylic acid groups (broad SMARTS) is 1. The van der Waals surface area contributed by atoms with Gasteiger partial charge < -0.3 is 14.6 Å². The monoisotopic (exact) mass is 190 g/mol. The molecule has 0 saturated carbocycles. The quantitative estimate of drug-likeness (QED) is 0.524. The molecule has 0 rings (SSSR count). The van der Waals surface area contributed by atoms with E-state index in [4.69, 9.17) is 5.11 Å². The summed E-state index contributed by atoms with van der Waals surface area (Å²) < 4.78 is 8.66. The SMILES string of the molecule is C=COC(C)=O.CCOCC(=O)O. The number of hydrogen-bond donors (Lipinski definition) is 1. The fourth-order valence-corrected chi connectivity index (χ4v) is 0.307. The van der Waals surface area contributed by atoms with E-state index in [0.717, 1.165) is 6.26 Å². The van der Waals surface area contributed by atoms with E-state index in [-0.39, 0.29) is 12.6 Å². The Balaban J connectivity index is 0. The highest BCUT2D eigenvalue weighted by atomic mass is 16.5. The number of aliphatic carboxylic acids is 1. The molecule has 13 heavy (non-hydrogen) atoms. The number of carbonyl (C=O) groups is 2. The summed E-state index contributed by atoms with van der Waals surface area (Å²) >= 11 is 0. The molecule has 0 heterocycles. The van der Waals surface area contributed by atoms with Crippen molar-refractivity contribution < 1.29 is 24.2 Å². The number of ether oxygens (including phenoxy) is 2. The van der Waals surface area contributed by atoms with E-state index in [9.17, 15) is 9.59 Å². The van der Waals surface area contributed by atoms with Gasteiger partial charge in [0.05, 0.1) is 6.26 Å². The molecule has 0 spiro atoms. The standard InChI is InChI=1S/C4H8O3.C4H6O2/c1-2-7-3-4(5)6;1-3-6-4(2)5/h2-3H2,1H3,(H,5,6);3H,1H2,2H3. The Morgan fingerprint density at radius 1 is 1.54 bits per heavy atom. The van der Waals surface area contributed by atoms with Crippen LogP contribution in [0, 0.1) is 0 Å². The lowest BCUT2D eigenvalue weighted by molar-refractivity contribution is -0.142. The molecule has 0 radical (unpaired) electrons. The minimum absolute atomic E-state index is 0.184. The Morgan fingerprint density at radius 2 is 2.08 bits per heavy atom. The predicted molar refractivity (Wildman–Crippen MR) is 46.1 cm³/mol. The maximum atomic E-state index is 9.75. The van der Waals surface area contributed by atoms with E-state index in [1.807, 2.05) is 0 Å². The van der Waals surface area contributed by atoms with E-state index >= 15 is 0 Å². The van der Waals surface area contributed by atoms with Crippen LogP contribution >= 0.6 is 0 Å². The molecule has 0 atom stereocenters. The molecule has 0 saturated heterocycles. The van der Waals surface area contributed by atoms with Crippen LogP contribution < -0.4 is 0 Å². The van der Waals surface area contributed by atoms with E-state index in [1.165, 1.54) is 6.92 Å². The Bertz CT molecular complexity index is 164. The van der Waals surface area contributed by atoms with Crippen LogP contribution in [-0.2, 0) is 19.1 Å². The molecule has 0 amide bonds. The minimum atomic E-state index is -0.915. The zero-order valence-corrected chi connectivity index (χ0v) is 7.78. The molecule has 0 aliphatic carbocycles. The summed E-state index contributed by atoms with van der Waals surface area (Å²) in [5.41, 5.74) is 0. The average Bonchev–Trinajstić information content (AvgIpc) is 2.01. The van der Waals surface area contributed by atoms with Crippen LogP contribution in [0.5, 0.6) is 0 Å². The number of hydrogen-bond acceptors (Lipinski definition) is 4. The first-order valence-electron chi connectivity index (χ1n) is 3.62. The van der Waals surface area contributed by atoms with Gasteiger partial charge in [0.2, 0.25) is 0 Å². The Kier molecular flexibility index (Phi) is 11.6. The average molecular weight is 190 g/mol. The highest BCUT2D eigenvalue weighted by molar-refractivity contribution is 5.68. The number of rotatable bonds is 4. The third-order valence-corrected chi connectivity index (χ3v) is 0.679. The first-order valence-corrected chi connectivity index (χ1v) is 3.62. The van der Waals surface area contributed by atoms with Crippen molar-refractivity contribution in [3.63, 3.8) is 0 Å². The van der Waals surface area contributed by atoms with Gasteiger partial charge in [-0.3, -0.25) is 4.79 Å². The van der Waals surface area contributed by atoms with Gasteiger partial charge in [-0.2, -0.15) is 0 Å². The van der Waals surface area contributed by atoms with Crippen molar-refractivity contribution in [2.75, 3.05) is 13.2 Å². The molecule has 0 unspecified atom stereocenters. The summed E-state index contributed by atoms with van der Waals surface area (Å²) in [6, 6.07) is 0. The predicted octanol–water partition coefficient (Wildman–Crippen LogP) is 0.801. The van der Waals surface area contributed by atoms with Crippen molar-refractivity contribution in [3.05, 3.63) is 12.8 Å². The van der Waals surface area contributed by atoms with Crippen molar-refractivity contribution in [2.45, 2.75) is 13.8 Å². The van der Waals surface area contributed by atoms with Crippen LogP contribution in [0.3, 0.4) is 0 Å². The Morgan fingerprint density at radius 3 is 2.15 bits per heavy atom. The van der Waals surface area contributed by atoms with Crippen LogP contribution in [0.4, 0.5) is 0 Å². The lowest BCUT2D eigenvalue weighted by atomic mass is 10.7. The fraction of sp³-hybridized carbons (Fsp3) is 0.500. The zero-order chi connectivity index (χ0) is 10.7. The summed E-state index contributed by atoms with van der Waals surface area (Å²) in [6.07, 6.45) is 1.10. The molecule has 0 aromatic carbocycles.